The van der Waals surface area contributed by atoms with Crippen molar-refractivity contribution >= 4 is 13.6 Å². The van der Waals surface area contributed by atoms with Gasteiger partial charge >= 0.3 is 50.1 Å². The molecule has 2 aliphatic rings. The first-order valence-electron chi connectivity index (χ1n) is 5.96. The Kier molecular flexibility index (Phi) is 10.0. The van der Waals surface area contributed by atoms with Crippen molar-refractivity contribution in [1.29, 1.82) is 0 Å². The van der Waals surface area contributed by atoms with Crippen LogP contribution in [0.4, 0.5) is 25.2 Å². The Labute approximate surface area is 144 Å². The van der Waals surface area contributed by atoms with E-state index in [1.54, 1.807) is 6.92 Å². The van der Waals surface area contributed by atoms with Gasteiger partial charge in [0.05, 0.1) is 0 Å². The summed E-state index contributed by atoms with van der Waals surface area (Å²) in [6.07, 6.45) is 17.6. The Hall–Kier alpha value is 0.199. The maximum Gasteiger partial charge on any atom is 2.00 e. The molecule has 131 valence electrons. The molecule has 2 fully saturated rings. The van der Waals surface area contributed by atoms with Crippen LogP contribution in [0.2, 0.25) is 0 Å². The second kappa shape index (κ2) is 9.05. The number of Topliss-reactive ketones (excluding diaryl/α,β-unsaturated/α-hetero) is 1. The van der Waals surface area contributed by atoms with Crippen LogP contribution >= 0.6 is 7.81 Å². The predicted molar refractivity (Wildman–Crippen MR) is 75.1 cm³/mol. The summed E-state index contributed by atoms with van der Waals surface area (Å²) in [5.41, 5.74) is 0. The Morgan fingerprint density at radius 2 is 1.09 bits per heavy atom. The first-order chi connectivity index (χ1) is 9.65. The van der Waals surface area contributed by atoms with Gasteiger partial charge in [-0.15, -0.1) is 0 Å². The first kappa shape index (κ1) is 25.4. The molecule has 0 aromatic rings. The Morgan fingerprint density at radius 1 is 0.783 bits per heavy atom. The molecule has 0 spiro atoms. The van der Waals surface area contributed by atoms with Crippen molar-refractivity contribution in [3.63, 3.8) is 0 Å². The third kappa shape index (κ3) is 24.6. The molecule has 0 amide bonds. The molecule has 11 radical (unpaired) electrons. The van der Waals surface area contributed by atoms with E-state index in [0.717, 1.165) is 5.92 Å². The van der Waals surface area contributed by atoms with Gasteiger partial charge in [-0.05, 0) is 70.6 Å². The first-order valence-corrected chi connectivity index (χ1v) is 7.98. The van der Waals surface area contributed by atoms with E-state index in [0.29, 0.717) is 0 Å². The molecule has 0 aromatic heterocycles. The third-order valence-corrected chi connectivity index (χ3v) is 2.01. The molecule has 2 aliphatic carbocycles. The minimum absolute atomic E-state index is 0. The monoisotopic (exact) mass is 400 g/mol. The van der Waals surface area contributed by atoms with Crippen molar-refractivity contribution in [3.8, 4) is 0 Å². The fourth-order valence-electron chi connectivity index (χ4n) is 1.14. The van der Waals surface area contributed by atoms with Crippen LogP contribution in [0, 0.1) is 69.6 Å². The van der Waals surface area contributed by atoms with Crippen molar-refractivity contribution in [2.75, 3.05) is 0 Å². The van der Waals surface area contributed by atoms with Gasteiger partial charge in [-0.3, -0.25) is 4.79 Å². The predicted octanol–water partition coefficient (Wildman–Crippen LogP) is 5.98. The van der Waals surface area contributed by atoms with Crippen molar-refractivity contribution in [3.05, 3.63) is 69.6 Å². The van der Waals surface area contributed by atoms with Crippen LogP contribution in [0.1, 0.15) is 13.8 Å². The van der Waals surface area contributed by atoms with Crippen LogP contribution in [-0.4, -0.2) is 5.78 Å². The van der Waals surface area contributed by atoms with Crippen LogP contribution in [-0.2, 0) is 21.9 Å². The molecule has 2 saturated carbocycles. The van der Waals surface area contributed by atoms with Crippen LogP contribution in [0.15, 0.2) is 0 Å². The minimum Gasteiger partial charge on any atom is 2.00 e. The molecule has 0 unspecified atom stereocenters. The number of hydrogen-bond acceptors (Lipinski definition) is 1. The van der Waals surface area contributed by atoms with E-state index < -0.39 is 7.81 Å². The van der Waals surface area contributed by atoms with Crippen LogP contribution in [0.5, 0.6) is 0 Å². The zero-order valence-corrected chi connectivity index (χ0v) is 14.2. The van der Waals surface area contributed by atoms with Gasteiger partial charge in [0.15, 0.2) is 0 Å². The molecule has 0 N–H and O–H groups in total. The summed E-state index contributed by atoms with van der Waals surface area (Å²) in [6, 6.07) is 0. The summed E-state index contributed by atoms with van der Waals surface area (Å²) < 4.78 is 59.2. The normalized spacial score (nSPS) is 22.3. The fourth-order valence-corrected chi connectivity index (χ4v) is 1.14. The fraction of sp³-hybridized carbons (Fsp3) is 0.143. The van der Waals surface area contributed by atoms with Crippen molar-refractivity contribution in [2.45, 2.75) is 13.8 Å². The summed E-state index contributed by atoms with van der Waals surface area (Å²) in [6.45, 7) is 3.65. The van der Waals surface area contributed by atoms with Crippen molar-refractivity contribution in [1.82, 2.24) is 0 Å². The number of hydrogen-bond donors (Lipinski definition) is 0. The average Bonchev–Trinajstić information content (AvgIpc) is 2.79. The summed E-state index contributed by atoms with van der Waals surface area (Å²) in [7, 11) is -10.7. The summed E-state index contributed by atoms with van der Waals surface area (Å²) in [4.78, 5) is 10.5. The standard InChI is InChI=1S/C7H7O.C7H8.F6P.Fe/c1-6(8)7-4-2-3-5-7;1-7-5-3-2-4-6-7;1-7(2,3,4,5)6;/h2-5H,1H3;2-6H,1H3;;/q;;-1;+2. The molecule has 0 saturated heterocycles. The quantitative estimate of drug-likeness (QED) is 0.301. The van der Waals surface area contributed by atoms with Gasteiger partial charge < -0.3 is 0 Å². The van der Waals surface area contributed by atoms with Gasteiger partial charge in [0, 0.05) is 5.92 Å². The number of ketones is 1. The number of halogens is 6. The number of carbonyl (C=O) groups excluding carboxylic acids is 1. The molecular weight excluding hydrogens is 385 g/mol. The largest absolute Gasteiger partial charge is 2.00 e. The molecule has 9 heteroatoms. The zero-order valence-electron chi connectivity index (χ0n) is 12.2. The van der Waals surface area contributed by atoms with E-state index in [4.69, 9.17) is 0 Å². The number of carbonyl (C=O) groups is 1. The smallest absolute Gasteiger partial charge is 2.00 e. The van der Waals surface area contributed by atoms with Crippen molar-refractivity contribution in [2.24, 2.45) is 0 Å². The van der Waals surface area contributed by atoms with Gasteiger partial charge in [-0.2, -0.15) is 0 Å². The minimum atomic E-state index is -10.7. The maximum atomic E-state index is 10.5. The summed E-state index contributed by atoms with van der Waals surface area (Å²) >= 11 is 0. The molecular formula is C14H15F6FeOP+. The van der Waals surface area contributed by atoms with Gasteiger partial charge in [0.2, 0.25) is 0 Å². The number of rotatable bonds is 1. The second-order valence-corrected chi connectivity index (χ2v) is 6.26. The summed E-state index contributed by atoms with van der Waals surface area (Å²) in [5.74, 6) is 2.25. The molecule has 0 aromatic carbocycles. The van der Waals surface area contributed by atoms with Crippen LogP contribution in [0.3, 0.4) is 0 Å². The third-order valence-electron chi connectivity index (χ3n) is 2.01. The summed E-state index contributed by atoms with van der Waals surface area (Å²) in [5, 5.41) is 0. The van der Waals surface area contributed by atoms with Gasteiger partial charge in [-0.25, -0.2) is 0 Å². The van der Waals surface area contributed by atoms with Gasteiger partial charge in [0.25, 0.3) is 0 Å². The van der Waals surface area contributed by atoms with E-state index in [-0.39, 0.29) is 22.9 Å². The Bertz CT molecular complexity index is 333. The molecule has 2 rings (SSSR count). The van der Waals surface area contributed by atoms with Crippen LogP contribution < -0.4 is 0 Å². The van der Waals surface area contributed by atoms with Crippen LogP contribution in [0.25, 0.3) is 0 Å². The van der Waals surface area contributed by atoms with E-state index >= 15 is 0 Å². The molecule has 0 heterocycles. The van der Waals surface area contributed by atoms with Crippen molar-refractivity contribution < 1.29 is 47.0 Å². The SMILES string of the molecule is CC(=O)[C]1[CH][CH][CH][CH]1.C[C]1[CH][CH][CH][CH][CH]1.F[P-](F)(F)(F)(F)F.[Fe+2]. The zero-order chi connectivity index (χ0) is 17.5. The van der Waals surface area contributed by atoms with E-state index in [1.807, 2.05) is 44.9 Å². The topological polar surface area (TPSA) is 17.1 Å². The van der Waals surface area contributed by atoms with Gasteiger partial charge in [0.1, 0.15) is 5.78 Å². The molecule has 0 aliphatic heterocycles. The average molecular weight is 400 g/mol. The van der Waals surface area contributed by atoms with E-state index in [1.165, 1.54) is 5.92 Å². The molecule has 23 heavy (non-hydrogen) atoms. The maximum absolute atomic E-state index is 10.7. The van der Waals surface area contributed by atoms with Gasteiger partial charge in [-0.1, -0.05) is 6.92 Å². The second-order valence-electron chi connectivity index (χ2n) is 4.34. The Balaban J connectivity index is 0. The molecule has 0 bridgehead atoms. The molecule has 0 atom stereocenters. The van der Waals surface area contributed by atoms with E-state index in [9.17, 15) is 30.0 Å². The molecule has 1 nitrogen and oxygen atoms in total. The Morgan fingerprint density at radius 3 is 1.26 bits per heavy atom. The van der Waals surface area contributed by atoms with E-state index in [2.05, 4.69) is 19.8 Å².